The van der Waals surface area contributed by atoms with E-state index in [0.29, 0.717) is 5.92 Å². The van der Waals surface area contributed by atoms with Crippen LogP contribution in [0.3, 0.4) is 0 Å². The summed E-state index contributed by atoms with van der Waals surface area (Å²) in [4.78, 5) is 9.33. The SMILES string of the molecule is CC(C)c1nsc(N2CCN(CCN)CC2)n1. The molecule has 1 fully saturated rings. The summed E-state index contributed by atoms with van der Waals surface area (Å²) >= 11 is 1.52. The van der Waals surface area contributed by atoms with Crippen LogP contribution in [0.2, 0.25) is 0 Å². The van der Waals surface area contributed by atoms with E-state index in [0.717, 1.165) is 50.2 Å². The molecule has 1 aliphatic rings. The van der Waals surface area contributed by atoms with Crippen LogP contribution in [0, 0.1) is 0 Å². The first-order chi connectivity index (χ1) is 8.20. The zero-order valence-electron chi connectivity index (χ0n) is 10.6. The number of aromatic nitrogens is 2. The van der Waals surface area contributed by atoms with E-state index in [4.69, 9.17) is 5.73 Å². The summed E-state index contributed by atoms with van der Waals surface area (Å²) in [6.07, 6.45) is 0. The van der Waals surface area contributed by atoms with Gasteiger partial charge in [-0.1, -0.05) is 13.8 Å². The molecule has 5 nitrogen and oxygen atoms in total. The van der Waals surface area contributed by atoms with Crippen LogP contribution >= 0.6 is 11.5 Å². The second-order valence-corrected chi connectivity index (χ2v) is 5.44. The minimum Gasteiger partial charge on any atom is -0.344 e. The molecule has 2 N–H and O–H groups in total. The predicted octanol–water partition coefficient (Wildman–Crippen LogP) is 0.742. The Balaban J connectivity index is 1.91. The normalized spacial score (nSPS) is 18.0. The van der Waals surface area contributed by atoms with Crippen LogP contribution in [0.5, 0.6) is 0 Å². The number of hydrogen-bond acceptors (Lipinski definition) is 6. The van der Waals surface area contributed by atoms with E-state index >= 15 is 0 Å². The molecule has 1 aromatic heterocycles. The summed E-state index contributed by atoms with van der Waals surface area (Å²) in [6, 6.07) is 0. The number of rotatable bonds is 4. The first-order valence-corrected chi connectivity index (χ1v) is 6.99. The maximum absolute atomic E-state index is 5.57. The molecule has 0 aromatic carbocycles. The van der Waals surface area contributed by atoms with Gasteiger partial charge in [0.25, 0.3) is 0 Å². The van der Waals surface area contributed by atoms with Crippen molar-refractivity contribution >= 4 is 16.7 Å². The van der Waals surface area contributed by atoms with Gasteiger partial charge in [-0.3, -0.25) is 4.90 Å². The van der Waals surface area contributed by atoms with Crippen molar-refractivity contribution in [3.05, 3.63) is 5.82 Å². The van der Waals surface area contributed by atoms with Gasteiger partial charge in [-0.15, -0.1) is 0 Å². The lowest BCUT2D eigenvalue weighted by atomic mass is 10.2. The van der Waals surface area contributed by atoms with Crippen LogP contribution in [-0.2, 0) is 0 Å². The lowest BCUT2D eigenvalue weighted by molar-refractivity contribution is 0.265. The van der Waals surface area contributed by atoms with E-state index in [1.807, 2.05) is 0 Å². The van der Waals surface area contributed by atoms with Crippen molar-refractivity contribution in [2.75, 3.05) is 44.2 Å². The first-order valence-electron chi connectivity index (χ1n) is 6.21. The molecule has 1 saturated heterocycles. The van der Waals surface area contributed by atoms with Crippen LogP contribution in [0.1, 0.15) is 25.6 Å². The van der Waals surface area contributed by atoms with Crippen LogP contribution in [0.25, 0.3) is 0 Å². The summed E-state index contributed by atoms with van der Waals surface area (Å²) in [5.41, 5.74) is 5.57. The average Bonchev–Trinajstić information content (AvgIpc) is 2.80. The Labute approximate surface area is 107 Å². The zero-order chi connectivity index (χ0) is 12.3. The summed E-state index contributed by atoms with van der Waals surface area (Å²) in [6.45, 7) is 10.2. The smallest absolute Gasteiger partial charge is 0.205 e. The molecule has 2 heterocycles. The van der Waals surface area contributed by atoms with Gasteiger partial charge in [0.2, 0.25) is 5.13 Å². The Kier molecular flexibility index (Phi) is 4.31. The fraction of sp³-hybridized carbons (Fsp3) is 0.818. The highest BCUT2D eigenvalue weighted by atomic mass is 32.1. The molecule has 96 valence electrons. The van der Waals surface area contributed by atoms with Gasteiger partial charge < -0.3 is 10.6 Å². The quantitative estimate of drug-likeness (QED) is 0.860. The van der Waals surface area contributed by atoms with Gasteiger partial charge >= 0.3 is 0 Å². The Morgan fingerprint density at radius 1 is 1.29 bits per heavy atom. The maximum Gasteiger partial charge on any atom is 0.205 e. The van der Waals surface area contributed by atoms with E-state index in [1.165, 1.54) is 11.5 Å². The predicted molar refractivity (Wildman–Crippen MR) is 71.7 cm³/mol. The van der Waals surface area contributed by atoms with Crippen molar-refractivity contribution < 1.29 is 0 Å². The Hall–Kier alpha value is -0.720. The lowest BCUT2D eigenvalue weighted by Crippen LogP contribution is -2.47. The lowest BCUT2D eigenvalue weighted by Gasteiger charge is -2.33. The highest BCUT2D eigenvalue weighted by Gasteiger charge is 2.19. The molecule has 17 heavy (non-hydrogen) atoms. The Morgan fingerprint density at radius 2 is 2.00 bits per heavy atom. The molecule has 1 aromatic rings. The fourth-order valence-electron chi connectivity index (χ4n) is 1.93. The molecular formula is C11H21N5S. The topological polar surface area (TPSA) is 58.3 Å². The van der Waals surface area contributed by atoms with Crippen LogP contribution < -0.4 is 10.6 Å². The molecule has 0 radical (unpaired) electrons. The summed E-state index contributed by atoms with van der Waals surface area (Å²) < 4.78 is 4.40. The van der Waals surface area contributed by atoms with Crippen molar-refractivity contribution in [1.29, 1.82) is 0 Å². The van der Waals surface area contributed by atoms with Crippen LogP contribution in [0.15, 0.2) is 0 Å². The number of anilines is 1. The standard InChI is InChI=1S/C11H21N5S/c1-9(2)10-13-11(17-14-10)16-7-5-15(4-3-12)6-8-16/h9H,3-8,12H2,1-2H3. The van der Waals surface area contributed by atoms with Crippen molar-refractivity contribution in [2.24, 2.45) is 5.73 Å². The molecule has 0 aliphatic carbocycles. The third-order valence-electron chi connectivity index (χ3n) is 3.04. The molecule has 1 aliphatic heterocycles. The van der Waals surface area contributed by atoms with Crippen LogP contribution in [0.4, 0.5) is 5.13 Å². The van der Waals surface area contributed by atoms with Crippen molar-refractivity contribution in [2.45, 2.75) is 19.8 Å². The van der Waals surface area contributed by atoms with Crippen LogP contribution in [-0.4, -0.2) is 53.5 Å². The third-order valence-corrected chi connectivity index (χ3v) is 3.83. The van der Waals surface area contributed by atoms with Gasteiger partial charge in [0, 0.05) is 56.7 Å². The van der Waals surface area contributed by atoms with E-state index < -0.39 is 0 Å². The van der Waals surface area contributed by atoms with Crippen molar-refractivity contribution in [3.8, 4) is 0 Å². The largest absolute Gasteiger partial charge is 0.344 e. The van der Waals surface area contributed by atoms with E-state index in [2.05, 4.69) is 33.0 Å². The number of piperazine rings is 1. The highest BCUT2D eigenvalue weighted by molar-refractivity contribution is 7.09. The van der Waals surface area contributed by atoms with Gasteiger partial charge in [-0.05, 0) is 0 Å². The van der Waals surface area contributed by atoms with E-state index in [-0.39, 0.29) is 0 Å². The molecule has 0 atom stereocenters. The van der Waals surface area contributed by atoms with E-state index in [1.54, 1.807) is 0 Å². The average molecular weight is 255 g/mol. The Bertz CT molecular complexity index is 343. The molecule has 2 rings (SSSR count). The van der Waals surface area contributed by atoms with Crippen molar-refractivity contribution in [3.63, 3.8) is 0 Å². The first kappa shape index (κ1) is 12.7. The van der Waals surface area contributed by atoms with Crippen molar-refractivity contribution in [1.82, 2.24) is 14.3 Å². The molecule has 0 saturated carbocycles. The van der Waals surface area contributed by atoms with E-state index in [9.17, 15) is 0 Å². The zero-order valence-corrected chi connectivity index (χ0v) is 11.4. The second-order valence-electron chi connectivity index (χ2n) is 4.71. The highest BCUT2D eigenvalue weighted by Crippen LogP contribution is 2.22. The maximum atomic E-state index is 5.57. The number of nitrogens with zero attached hydrogens (tertiary/aromatic N) is 4. The second kappa shape index (κ2) is 5.75. The minimum atomic E-state index is 0.415. The number of hydrogen-bond donors (Lipinski definition) is 1. The Morgan fingerprint density at radius 3 is 2.53 bits per heavy atom. The molecule has 0 amide bonds. The van der Waals surface area contributed by atoms with Gasteiger partial charge in [-0.2, -0.15) is 4.37 Å². The molecular weight excluding hydrogens is 234 g/mol. The molecule has 6 heteroatoms. The van der Waals surface area contributed by atoms with Gasteiger partial charge in [-0.25, -0.2) is 4.98 Å². The number of nitrogens with two attached hydrogens (primary N) is 1. The minimum absolute atomic E-state index is 0.415. The summed E-state index contributed by atoms with van der Waals surface area (Å²) in [7, 11) is 0. The fourth-order valence-corrected chi connectivity index (χ4v) is 2.79. The molecule has 0 spiro atoms. The van der Waals surface area contributed by atoms with Gasteiger partial charge in [0.1, 0.15) is 5.82 Å². The molecule has 0 bridgehead atoms. The third kappa shape index (κ3) is 3.14. The van der Waals surface area contributed by atoms with Gasteiger partial charge in [0.05, 0.1) is 0 Å². The monoisotopic (exact) mass is 255 g/mol. The summed E-state index contributed by atoms with van der Waals surface area (Å²) in [5.74, 6) is 1.38. The van der Waals surface area contributed by atoms with Gasteiger partial charge in [0.15, 0.2) is 0 Å². The molecule has 0 unspecified atom stereocenters. The summed E-state index contributed by atoms with van der Waals surface area (Å²) in [5, 5.41) is 1.07.